The predicted octanol–water partition coefficient (Wildman–Crippen LogP) is 2.60. The Bertz CT molecular complexity index is 1020. The van der Waals surface area contributed by atoms with Crippen molar-refractivity contribution in [2.75, 3.05) is 0 Å². The average molecular weight is 342 g/mol. The summed E-state index contributed by atoms with van der Waals surface area (Å²) in [6.07, 6.45) is 0. The molecule has 0 fully saturated rings. The van der Waals surface area contributed by atoms with Gasteiger partial charge in [0.15, 0.2) is 5.78 Å². The van der Waals surface area contributed by atoms with Crippen molar-refractivity contribution in [1.29, 1.82) is 0 Å². The Labute approximate surface area is 139 Å². The van der Waals surface area contributed by atoms with Gasteiger partial charge in [0.25, 0.3) is 11.4 Å². The van der Waals surface area contributed by atoms with E-state index in [1.807, 2.05) is 0 Å². The Kier molecular flexibility index (Phi) is 3.38. The van der Waals surface area contributed by atoms with Gasteiger partial charge in [-0.25, -0.2) is 0 Å². The molecule has 0 radical (unpaired) electrons. The largest absolute Gasteiger partial charge is 0.507 e. The molecule has 2 aromatic carbocycles. The number of aryl methyl sites for hydroxylation is 2. The molecule has 0 saturated carbocycles. The summed E-state index contributed by atoms with van der Waals surface area (Å²) in [5.74, 6) is -2.47. The fourth-order valence-corrected chi connectivity index (χ4v) is 3.17. The van der Waals surface area contributed by atoms with Crippen molar-refractivity contribution in [2.45, 2.75) is 13.8 Å². The first-order valence-corrected chi connectivity index (χ1v) is 7.05. The molecule has 126 valence electrons. The highest BCUT2D eigenvalue weighted by Gasteiger charge is 2.43. The minimum atomic E-state index is -1.02. The average Bonchev–Trinajstić information content (AvgIpc) is 2.50. The molecule has 0 saturated heterocycles. The lowest BCUT2D eigenvalue weighted by atomic mass is 9.79. The molecule has 0 aromatic heterocycles. The summed E-state index contributed by atoms with van der Waals surface area (Å²) in [6, 6.07) is 3.23. The number of nitro benzene ring substituents is 2. The van der Waals surface area contributed by atoms with Gasteiger partial charge in [-0.1, -0.05) is 0 Å². The van der Waals surface area contributed by atoms with Crippen LogP contribution < -0.4 is 0 Å². The van der Waals surface area contributed by atoms with Crippen LogP contribution in [0.4, 0.5) is 11.4 Å². The first-order valence-electron chi connectivity index (χ1n) is 7.05. The highest BCUT2D eigenvalue weighted by molar-refractivity contribution is 6.32. The molecular weight excluding hydrogens is 332 g/mol. The number of aromatic hydroxyl groups is 1. The van der Waals surface area contributed by atoms with Gasteiger partial charge < -0.3 is 5.11 Å². The summed E-state index contributed by atoms with van der Waals surface area (Å²) in [5, 5.41) is 32.6. The molecule has 1 N–H and O–H groups in total. The number of fused-ring (bicyclic) bond motifs is 2. The molecule has 1 aliphatic rings. The number of carbonyl (C=O) groups excluding carboxylic acids is 2. The molecule has 1 aliphatic carbocycles. The quantitative estimate of drug-likeness (QED) is 0.557. The van der Waals surface area contributed by atoms with E-state index in [9.17, 15) is 34.9 Å². The summed E-state index contributed by atoms with van der Waals surface area (Å²) in [6.45, 7) is 2.91. The van der Waals surface area contributed by atoms with Crippen molar-refractivity contribution >= 4 is 22.9 Å². The molecule has 2 aromatic rings. The smallest absolute Gasteiger partial charge is 0.284 e. The number of phenolic OH excluding ortho intramolecular Hbond substituents is 1. The lowest BCUT2D eigenvalue weighted by Gasteiger charge is -2.20. The van der Waals surface area contributed by atoms with Crippen LogP contribution in [0.5, 0.6) is 5.75 Å². The topological polar surface area (TPSA) is 141 Å². The lowest BCUT2D eigenvalue weighted by molar-refractivity contribution is -0.386. The third kappa shape index (κ3) is 2.09. The summed E-state index contributed by atoms with van der Waals surface area (Å²) >= 11 is 0. The van der Waals surface area contributed by atoms with Crippen molar-refractivity contribution in [1.82, 2.24) is 0 Å². The van der Waals surface area contributed by atoms with Gasteiger partial charge in [0, 0.05) is 17.2 Å². The number of nitrogens with zero attached hydrogens (tertiary/aromatic N) is 2. The van der Waals surface area contributed by atoms with E-state index in [2.05, 4.69) is 0 Å². The summed E-state index contributed by atoms with van der Waals surface area (Å²) in [7, 11) is 0. The molecule has 3 rings (SSSR count). The lowest BCUT2D eigenvalue weighted by Crippen LogP contribution is -2.25. The number of benzene rings is 2. The molecule has 9 nitrogen and oxygen atoms in total. The van der Waals surface area contributed by atoms with Crippen molar-refractivity contribution < 1.29 is 24.5 Å². The number of nitro groups is 2. The van der Waals surface area contributed by atoms with E-state index in [0.717, 1.165) is 12.1 Å². The Morgan fingerprint density at radius 3 is 2.00 bits per heavy atom. The van der Waals surface area contributed by atoms with Crippen molar-refractivity contribution in [3.05, 3.63) is 71.8 Å². The SMILES string of the molecule is Cc1cc(C)c([N+](=O)[O-])c2c1C(=O)c1c(O)ccc([N+](=O)[O-])c1C2=O. The van der Waals surface area contributed by atoms with Crippen LogP contribution in [0.3, 0.4) is 0 Å². The number of ketones is 2. The third-order valence-corrected chi connectivity index (χ3v) is 4.14. The fourth-order valence-electron chi connectivity index (χ4n) is 3.17. The molecule has 0 unspecified atom stereocenters. The molecule has 0 atom stereocenters. The van der Waals surface area contributed by atoms with E-state index in [4.69, 9.17) is 0 Å². The number of phenols is 1. The predicted molar refractivity (Wildman–Crippen MR) is 84.2 cm³/mol. The van der Waals surface area contributed by atoms with Crippen LogP contribution in [0.1, 0.15) is 43.0 Å². The van der Waals surface area contributed by atoms with Crippen LogP contribution in [-0.4, -0.2) is 26.5 Å². The van der Waals surface area contributed by atoms with Gasteiger partial charge in [0.2, 0.25) is 5.78 Å². The van der Waals surface area contributed by atoms with Gasteiger partial charge in [-0.3, -0.25) is 29.8 Å². The molecule has 25 heavy (non-hydrogen) atoms. The zero-order valence-corrected chi connectivity index (χ0v) is 13.0. The zero-order chi connectivity index (χ0) is 18.6. The van der Waals surface area contributed by atoms with Gasteiger partial charge in [-0.05, 0) is 31.5 Å². The first-order chi connectivity index (χ1) is 11.7. The van der Waals surface area contributed by atoms with E-state index in [1.165, 1.54) is 19.9 Å². The zero-order valence-electron chi connectivity index (χ0n) is 13.0. The van der Waals surface area contributed by atoms with E-state index in [1.54, 1.807) is 0 Å². The normalized spacial score (nSPS) is 12.6. The minimum Gasteiger partial charge on any atom is -0.507 e. The van der Waals surface area contributed by atoms with Gasteiger partial charge in [0.05, 0.1) is 15.4 Å². The summed E-state index contributed by atoms with van der Waals surface area (Å²) in [4.78, 5) is 46.7. The molecule has 9 heteroatoms. The second kappa shape index (κ2) is 5.20. The second-order valence-corrected chi connectivity index (χ2v) is 5.64. The molecule has 0 aliphatic heterocycles. The van der Waals surface area contributed by atoms with E-state index >= 15 is 0 Å². The fraction of sp³-hybridized carbons (Fsp3) is 0.125. The molecule has 0 heterocycles. The van der Waals surface area contributed by atoms with Gasteiger partial charge in [-0.15, -0.1) is 0 Å². The number of carbonyl (C=O) groups is 2. The van der Waals surface area contributed by atoms with Gasteiger partial charge in [0.1, 0.15) is 16.9 Å². The van der Waals surface area contributed by atoms with Crippen LogP contribution in [0, 0.1) is 34.1 Å². The van der Waals surface area contributed by atoms with E-state index in [0.29, 0.717) is 5.56 Å². The Hall–Kier alpha value is -3.62. The maximum absolute atomic E-state index is 12.9. The molecule has 0 amide bonds. The Morgan fingerprint density at radius 2 is 1.44 bits per heavy atom. The standard InChI is InChI=1S/C16H10N2O7/c1-6-5-7(2)14(18(24)25)13-10(6)15(20)12-9(19)4-3-8(17(22)23)11(12)16(13)21/h3-5,19H,1-2H3. The van der Waals surface area contributed by atoms with E-state index in [-0.39, 0.29) is 11.1 Å². The van der Waals surface area contributed by atoms with Crippen LogP contribution in [-0.2, 0) is 0 Å². The van der Waals surface area contributed by atoms with Crippen LogP contribution in [0.15, 0.2) is 18.2 Å². The minimum absolute atomic E-state index is 0.161. The number of hydrogen-bond acceptors (Lipinski definition) is 7. The summed E-state index contributed by atoms with van der Waals surface area (Å²) in [5.41, 5.74) is -2.61. The molecule has 0 bridgehead atoms. The second-order valence-electron chi connectivity index (χ2n) is 5.64. The van der Waals surface area contributed by atoms with Gasteiger partial charge >= 0.3 is 0 Å². The summed E-state index contributed by atoms with van der Waals surface area (Å²) < 4.78 is 0. The third-order valence-electron chi connectivity index (χ3n) is 4.14. The maximum Gasteiger partial charge on any atom is 0.284 e. The highest BCUT2D eigenvalue weighted by atomic mass is 16.6. The monoisotopic (exact) mass is 342 g/mol. The number of rotatable bonds is 2. The maximum atomic E-state index is 12.9. The first kappa shape index (κ1) is 16.2. The Morgan fingerprint density at radius 1 is 0.840 bits per heavy atom. The number of hydrogen-bond donors (Lipinski definition) is 1. The van der Waals surface area contributed by atoms with Crippen LogP contribution in [0.25, 0.3) is 0 Å². The van der Waals surface area contributed by atoms with E-state index < -0.39 is 55.2 Å². The van der Waals surface area contributed by atoms with Crippen LogP contribution in [0.2, 0.25) is 0 Å². The highest BCUT2D eigenvalue weighted by Crippen LogP contribution is 2.42. The van der Waals surface area contributed by atoms with Crippen LogP contribution >= 0.6 is 0 Å². The Balaban J connectivity index is 2.51. The van der Waals surface area contributed by atoms with Crippen molar-refractivity contribution in [2.24, 2.45) is 0 Å². The van der Waals surface area contributed by atoms with Crippen molar-refractivity contribution in [3.8, 4) is 5.75 Å². The molecule has 0 spiro atoms. The van der Waals surface area contributed by atoms with Crippen molar-refractivity contribution in [3.63, 3.8) is 0 Å². The van der Waals surface area contributed by atoms with Gasteiger partial charge in [-0.2, -0.15) is 0 Å². The molecular formula is C16H10N2O7.